The van der Waals surface area contributed by atoms with Gasteiger partial charge in [0, 0.05) is 0 Å². The lowest BCUT2D eigenvalue weighted by atomic mass is 9.98. The molecule has 1 aliphatic carbocycles. The van der Waals surface area contributed by atoms with Crippen molar-refractivity contribution in [2.75, 3.05) is 39.9 Å². The van der Waals surface area contributed by atoms with E-state index in [1.807, 2.05) is 0 Å². The Kier molecular flexibility index (Phi) is 16.0. The Bertz CT molecular complexity index is 571. The zero-order valence-corrected chi connectivity index (χ0v) is 23.2. The van der Waals surface area contributed by atoms with Gasteiger partial charge in [0.05, 0.1) is 26.7 Å². The lowest BCUT2D eigenvalue weighted by molar-refractivity contribution is -0.914. The number of phosphoric acid groups is 1. The number of piperidine rings is 1. The van der Waals surface area contributed by atoms with Crippen LogP contribution >= 0.6 is 7.82 Å². The molecule has 2 fully saturated rings. The first kappa shape index (κ1) is 30.0. The fraction of sp³-hybridized carbons (Fsp3) is 0.929. The summed E-state index contributed by atoms with van der Waals surface area (Å²) in [5.74, 6) is 0. The molecular formula is C28H55NO4P+. The average Bonchev–Trinajstić information content (AvgIpc) is 2.81. The summed E-state index contributed by atoms with van der Waals surface area (Å²) in [5.41, 5.74) is 1.64. The van der Waals surface area contributed by atoms with Crippen LogP contribution < -0.4 is 0 Å². The molecule has 1 unspecified atom stereocenters. The van der Waals surface area contributed by atoms with Gasteiger partial charge < -0.3 is 9.38 Å². The van der Waals surface area contributed by atoms with Crippen LogP contribution in [0.4, 0.5) is 0 Å². The van der Waals surface area contributed by atoms with E-state index >= 15 is 0 Å². The molecule has 0 aromatic carbocycles. The van der Waals surface area contributed by atoms with Crippen molar-refractivity contribution >= 4 is 7.82 Å². The van der Waals surface area contributed by atoms with Crippen molar-refractivity contribution < 1.29 is 23.0 Å². The summed E-state index contributed by atoms with van der Waals surface area (Å²) in [6.45, 7) is 3.63. The number of hydrogen-bond acceptors (Lipinski definition) is 3. The van der Waals surface area contributed by atoms with Crippen LogP contribution in [0.2, 0.25) is 0 Å². The van der Waals surface area contributed by atoms with Crippen molar-refractivity contribution in [3.63, 3.8) is 0 Å². The first-order chi connectivity index (χ1) is 16.5. The Morgan fingerprint density at radius 2 is 1.21 bits per heavy atom. The summed E-state index contributed by atoms with van der Waals surface area (Å²) in [6.07, 6.45) is 28.3. The first-order valence-electron chi connectivity index (χ1n) is 14.6. The van der Waals surface area contributed by atoms with Crippen LogP contribution in [0.15, 0.2) is 11.6 Å². The van der Waals surface area contributed by atoms with Gasteiger partial charge in [-0.2, -0.15) is 0 Å². The molecule has 1 atom stereocenters. The Balaban J connectivity index is 1.59. The number of quaternary nitrogens is 1. The van der Waals surface area contributed by atoms with Crippen LogP contribution in [0, 0.1) is 0 Å². The van der Waals surface area contributed by atoms with E-state index in [0.717, 1.165) is 43.4 Å². The summed E-state index contributed by atoms with van der Waals surface area (Å²) in [5, 5.41) is 0. The van der Waals surface area contributed by atoms with E-state index in [1.54, 1.807) is 5.57 Å². The lowest BCUT2D eigenvalue weighted by Gasteiger charge is -2.37. The van der Waals surface area contributed by atoms with Crippen LogP contribution in [-0.4, -0.2) is 49.3 Å². The van der Waals surface area contributed by atoms with E-state index in [-0.39, 0.29) is 6.61 Å². The third kappa shape index (κ3) is 15.0. The van der Waals surface area contributed by atoms with Gasteiger partial charge in [0.25, 0.3) is 0 Å². The largest absolute Gasteiger partial charge is 0.472 e. The zero-order valence-electron chi connectivity index (χ0n) is 22.3. The molecular weight excluding hydrogens is 445 g/mol. The maximum atomic E-state index is 12.2. The second-order valence-corrected chi connectivity index (χ2v) is 12.5. The topological polar surface area (TPSA) is 55.8 Å². The van der Waals surface area contributed by atoms with Crippen LogP contribution in [0.5, 0.6) is 0 Å². The molecule has 0 bridgehead atoms. The molecule has 0 spiro atoms. The predicted octanol–water partition coefficient (Wildman–Crippen LogP) is 8.32. The van der Waals surface area contributed by atoms with Crippen LogP contribution in [0.3, 0.4) is 0 Å². The molecule has 1 saturated carbocycles. The fourth-order valence-corrected chi connectivity index (χ4v) is 6.19. The van der Waals surface area contributed by atoms with Gasteiger partial charge in [0.2, 0.25) is 0 Å². The maximum absolute atomic E-state index is 12.2. The van der Waals surface area contributed by atoms with Gasteiger partial charge in [-0.1, -0.05) is 75.9 Å². The van der Waals surface area contributed by atoms with E-state index < -0.39 is 7.82 Å². The third-order valence-corrected chi connectivity index (χ3v) is 8.83. The van der Waals surface area contributed by atoms with Gasteiger partial charge in [-0.15, -0.1) is 0 Å². The second kappa shape index (κ2) is 18.1. The minimum Gasteiger partial charge on any atom is -0.324 e. The molecule has 2 rings (SSSR count). The van der Waals surface area contributed by atoms with E-state index in [0.29, 0.717) is 6.61 Å². The monoisotopic (exact) mass is 500 g/mol. The van der Waals surface area contributed by atoms with Crippen molar-refractivity contribution in [1.29, 1.82) is 0 Å². The van der Waals surface area contributed by atoms with Gasteiger partial charge in [0.1, 0.15) is 13.2 Å². The Morgan fingerprint density at radius 1 is 0.735 bits per heavy atom. The van der Waals surface area contributed by atoms with Crippen molar-refractivity contribution in [3.05, 3.63) is 11.6 Å². The molecule has 1 N–H and O–H groups in total. The Labute approximate surface area is 210 Å². The van der Waals surface area contributed by atoms with Gasteiger partial charge in [0.15, 0.2) is 0 Å². The first-order valence-corrected chi connectivity index (χ1v) is 16.1. The minimum absolute atomic E-state index is 0.288. The van der Waals surface area contributed by atoms with Crippen molar-refractivity contribution in [3.8, 4) is 0 Å². The molecule has 0 aromatic rings. The quantitative estimate of drug-likeness (QED) is 0.142. The molecule has 0 radical (unpaired) electrons. The number of nitrogens with zero attached hydrogens (tertiary/aromatic N) is 1. The lowest BCUT2D eigenvalue weighted by Crippen LogP contribution is -2.49. The summed E-state index contributed by atoms with van der Waals surface area (Å²) in [6, 6.07) is 0. The number of unbranched alkanes of at least 4 members (excludes halogenated alkanes) is 2. The van der Waals surface area contributed by atoms with Gasteiger partial charge in [-0.3, -0.25) is 9.05 Å². The van der Waals surface area contributed by atoms with Gasteiger partial charge in [-0.05, 0) is 64.2 Å². The normalized spacial score (nSPS) is 23.4. The highest BCUT2D eigenvalue weighted by atomic mass is 31.2. The molecule has 200 valence electrons. The van der Waals surface area contributed by atoms with Crippen molar-refractivity contribution in [2.24, 2.45) is 0 Å². The second-order valence-electron chi connectivity index (χ2n) is 11.1. The van der Waals surface area contributed by atoms with E-state index in [2.05, 4.69) is 13.1 Å². The summed E-state index contributed by atoms with van der Waals surface area (Å²) in [4.78, 5) is 9.99. The average molecular weight is 501 g/mol. The molecule has 1 saturated heterocycles. The molecule has 2 aliphatic rings. The van der Waals surface area contributed by atoms with Gasteiger partial charge >= 0.3 is 7.82 Å². The maximum Gasteiger partial charge on any atom is 0.472 e. The number of hydrogen-bond donors (Lipinski definition) is 1. The van der Waals surface area contributed by atoms with E-state index in [9.17, 15) is 9.46 Å². The molecule has 0 aromatic heterocycles. The zero-order chi connectivity index (χ0) is 24.4. The number of likely N-dealkylation sites (tertiary alicyclic amines) is 1. The van der Waals surface area contributed by atoms with Crippen molar-refractivity contribution in [2.45, 2.75) is 128 Å². The Morgan fingerprint density at radius 3 is 1.76 bits per heavy atom. The van der Waals surface area contributed by atoms with E-state index in [4.69, 9.17) is 9.05 Å². The highest BCUT2D eigenvalue weighted by Gasteiger charge is 2.27. The fourth-order valence-electron chi connectivity index (χ4n) is 5.45. The predicted molar refractivity (Wildman–Crippen MR) is 143 cm³/mol. The minimum atomic E-state index is -3.93. The third-order valence-electron chi connectivity index (χ3n) is 7.81. The molecule has 34 heavy (non-hydrogen) atoms. The standard InChI is InChI=1S/C28H54NO4P/c1-29(23-17-13-18-24-29)25-27-33-34(30,31)32-26-19-12-16-22-28-20-14-10-8-6-4-2-3-5-7-9-11-15-21-28/h22H,2-21,23-27H2,1H3/p+1. The number of allylic oxidation sites excluding steroid dienone is 2. The summed E-state index contributed by atoms with van der Waals surface area (Å²) in [7, 11) is -1.71. The molecule has 0 amide bonds. The SMILES string of the molecule is C[N+]1(CCOP(=O)(O)OCCCCC=C2CCCCCCCCCCCCCC2)CCCCC1. The Hall–Kier alpha value is -0.190. The summed E-state index contributed by atoms with van der Waals surface area (Å²) >= 11 is 0. The van der Waals surface area contributed by atoms with Crippen molar-refractivity contribution in [1.82, 2.24) is 0 Å². The molecule has 1 aliphatic heterocycles. The number of phosphoric ester groups is 1. The van der Waals surface area contributed by atoms with Crippen LogP contribution in [-0.2, 0) is 13.6 Å². The van der Waals surface area contributed by atoms with E-state index in [1.165, 1.54) is 109 Å². The molecule has 5 nitrogen and oxygen atoms in total. The van der Waals surface area contributed by atoms with Crippen LogP contribution in [0.1, 0.15) is 128 Å². The highest BCUT2D eigenvalue weighted by Crippen LogP contribution is 2.43. The molecule has 6 heteroatoms. The number of rotatable bonds is 10. The van der Waals surface area contributed by atoms with Crippen LogP contribution in [0.25, 0.3) is 0 Å². The van der Waals surface area contributed by atoms with Gasteiger partial charge in [-0.25, -0.2) is 4.57 Å². The molecule has 1 heterocycles. The number of likely N-dealkylation sites (N-methyl/N-ethyl adjacent to an activating group) is 1. The highest BCUT2D eigenvalue weighted by molar-refractivity contribution is 7.47. The summed E-state index contributed by atoms with van der Waals surface area (Å²) < 4.78 is 23.6. The smallest absolute Gasteiger partial charge is 0.324 e.